The second kappa shape index (κ2) is 7.17. The summed E-state index contributed by atoms with van der Waals surface area (Å²) in [6.07, 6.45) is 5.63. The van der Waals surface area contributed by atoms with Gasteiger partial charge in [-0.1, -0.05) is 0 Å². The molecule has 1 fully saturated rings. The second-order valence-corrected chi connectivity index (χ2v) is 7.76. The molecule has 2 unspecified atom stereocenters. The van der Waals surface area contributed by atoms with E-state index in [0.717, 1.165) is 19.3 Å². The fraction of sp³-hybridized carbons (Fsp3) is 0.667. The first-order chi connectivity index (χ1) is 10.4. The van der Waals surface area contributed by atoms with Crippen molar-refractivity contribution in [3.8, 4) is 0 Å². The quantitative estimate of drug-likeness (QED) is 0.798. The first-order valence-corrected chi connectivity index (χ1v) is 8.84. The van der Waals surface area contributed by atoms with Crippen LogP contribution in [0, 0.1) is 0 Å². The number of likely N-dealkylation sites (tertiary alicyclic amines) is 1. The highest BCUT2D eigenvalue weighted by atomic mass is 32.2. The Morgan fingerprint density at radius 2 is 2.05 bits per heavy atom. The lowest BCUT2D eigenvalue weighted by Crippen LogP contribution is -2.48. The summed E-state index contributed by atoms with van der Waals surface area (Å²) in [6, 6.07) is 1.60. The number of rotatable bonds is 3. The van der Waals surface area contributed by atoms with Crippen molar-refractivity contribution in [2.24, 2.45) is 0 Å². The van der Waals surface area contributed by atoms with Crippen LogP contribution in [-0.2, 0) is 15.5 Å². The van der Waals surface area contributed by atoms with E-state index in [9.17, 15) is 9.00 Å². The first-order valence-electron chi connectivity index (χ1n) is 7.52. The topological polar surface area (TPSA) is 72.4 Å². The lowest BCUT2D eigenvalue weighted by Gasteiger charge is -2.36. The Labute approximate surface area is 133 Å². The van der Waals surface area contributed by atoms with Crippen molar-refractivity contribution < 1.29 is 13.7 Å². The van der Waals surface area contributed by atoms with Gasteiger partial charge in [0.05, 0.1) is 16.6 Å². The van der Waals surface area contributed by atoms with E-state index in [1.54, 1.807) is 23.4 Å². The van der Waals surface area contributed by atoms with E-state index >= 15 is 0 Å². The molecule has 1 saturated heterocycles. The summed E-state index contributed by atoms with van der Waals surface area (Å²) in [5.74, 6) is 0.350. The molecular formula is C15H23N3O3S. The summed E-state index contributed by atoms with van der Waals surface area (Å²) in [4.78, 5) is 22.1. The summed E-state index contributed by atoms with van der Waals surface area (Å²) < 4.78 is 17.8. The van der Waals surface area contributed by atoms with Crippen LogP contribution in [0.1, 0.15) is 40.0 Å². The third-order valence-corrected chi connectivity index (χ3v) is 4.65. The van der Waals surface area contributed by atoms with Crippen molar-refractivity contribution in [2.45, 2.75) is 56.8 Å². The van der Waals surface area contributed by atoms with Crippen LogP contribution >= 0.6 is 0 Å². The number of amides is 1. The predicted octanol–water partition coefficient (Wildman–Crippen LogP) is 2.37. The highest BCUT2D eigenvalue weighted by Gasteiger charge is 2.32. The van der Waals surface area contributed by atoms with Crippen LogP contribution in [0.15, 0.2) is 23.6 Å². The largest absolute Gasteiger partial charge is 0.444 e. The van der Waals surface area contributed by atoms with Crippen molar-refractivity contribution in [3.05, 3.63) is 18.5 Å². The number of nitrogens with zero attached hydrogens (tertiary/aromatic N) is 3. The predicted molar refractivity (Wildman–Crippen MR) is 83.9 cm³/mol. The van der Waals surface area contributed by atoms with Gasteiger partial charge in [0, 0.05) is 25.0 Å². The third-order valence-electron chi connectivity index (χ3n) is 3.34. The minimum Gasteiger partial charge on any atom is -0.444 e. The van der Waals surface area contributed by atoms with E-state index < -0.39 is 16.4 Å². The fourth-order valence-corrected chi connectivity index (χ4v) is 3.59. The molecule has 2 atom stereocenters. The van der Waals surface area contributed by atoms with Crippen LogP contribution in [0.4, 0.5) is 4.79 Å². The summed E-state index contributed by atoms with van der Waals surface area (Å²) in [6.45, 7) is 6.19. The van der Waals surface area contributed by atoms with Gasteiger partial charge in [0.25, 0.3) is 0 Å². The highest BCUT2D eigenvalue weighted by Crippen LogP contribution is 2.21. The molecule has 122 valence electrons. The molecule has 1 aromatic rings. The number of ether oxygens (including phenoxy) is 1. The SMILES string of the molecule is CC(C)(C)OC(=O)N1CCCCC1CS(=O)c1ncccn1. The van der Waals surface area contributed by atoms with Crippen molar-refractivity contribution in [1.82, 2.24) is 14.9 Å². The Bertz CT molecular complexity index is 531. The normalized spacial score (nSPS) is 20.5. The van der Waals surface area contributed by atoms with E-state index in [1.807, 2.05) is 20.8 Å². The molecule has 6 nitrogen and oxygen atoms in total. The summed E-state index contributed by atoms with van der Waals surface area (Å²) in [7, 11) is -1.31. The maximum absolute atomic E-state index is 12.4. The molecular weight excluding hydrogens is 302 g/mol. The molecule has 0 bridgehead atoms. The summed E-state index contributed by atoms with van der Waals surface area (Å²) in [5.41, 5.74) is -0.527. The first kappa shape index (κ1) is 16.9. The van der Waals surface area contributed by atoms with Gasteiger partial charge in [0.15, 0.2) is 0 Å². The van der Waals surface area contributed by atoms with E-state index in [2.05, 4.69) is 9.97 Å². The number of hydrogen-bond acceptors (Lipinski definition) is 5. The molecule has 0 N–H and O–H groups in total. The van der Waals surface area contributed by atoms with Gasteiger partial charge in [-0.3, -0.25) is 4.21 Å². The zero-order valence-corrected chi connectivity index (χ0v) is 14.1. The average molecular weight is 325 g/mol. The van der Waals surface area contributed by atoms with E-state index in [1.165, 1.54) is 0 Å². The van der Waals surface area contributed by atoms with Gasteiger partial charge in [0.1, 0.15) is 5.60 Å². The minimum absolute atomic E-state index is 0.0896. The van der Waals surface area contributed by atoms with E-state index in [0.29, 0.717) is 17.5 Å². The number of carbonyl (C=O) groups excluding carboxylic acids is 1. The average Bonchev–Trinajstić information content (AvgIpc) is 2.47. The molecule has 1 aromatic heterocycles. The molecule has 0 radical (unpaired) electrons. The van der Waals surface area contributed by atoms with Crippen LogP contribution in [0.2, 0.25) is 0 Å². The zero-order valence-electron chi connectivity index (χ0n) is 13.3. The van der Waals surface area contributed by atoms with Crippen molar-refractivity contribution >= 4 is 16.9 Å². The molecule has 0 saturated carbocycles. The van der Waals surface area contributed by atoms with Crippen LogP contribution in [0.3, 0.4) is 0 Å². The Kier molecular flexibility index (Phi) is 5.50. The minimum atomic E-state index is -1.31. The van der Waals surface area contributed by atoms with Gasteiger partial charge in [-0.15, -0.1) is 0 Å². The Balaban J connectivity index is 2.04. The van der Waals surface area contributed by atoms with E-state index in [-0.39, 0.29) is 12.1 Å². The molecule has 22 heavy (non-hydrogen) atoms. The summed E-state index contributed by atoms with van der Waals surface area (Å²) in [5, 5.41) is 0.317. The molecule has 0 aliphatic carbocycles. The number of aromatic nitrogens is 2. The number of piperidine rings is 1. The molecule has 2 rings (SSSR count). The van der Waals surface area contributed by atoms with Gasteiger partial charge >= 0.3 is 6.09 Å². The maximum atomic E-state index is 12.4. The monoisotopic (exact) mass is 325 g/mol. The lowest BCUT2D eigenvalue weighted by atomic mass is 10.0. The molecule has 7 heteroatoms. The van der Waals surface area contributed by atoms with Crippen molar-refractivity contribution in [3.63, 3.8) is 0 Å². The van der Waals surface area contributed by atoms with E-state index in [4.69, 9.17) is 4.74 Å². The second-order valence-electron chi connectivity index (χ2n) is 6.37. The van der Waals surface area contributed by atoms with Gasteiger partial charge in [0.2, 0.25) is 5.16 Å². The van der Waals surface area contributed by atoms with Crippen LogP contribution in [-0.4, -0.2) is 49.1 Å². The highest BCUT2D eigenvalue weighted by molar-refractivity contribution is 7.84. The molecule has 1 aliphatic heterocycles. The molecule has 0 aromatic carbocycles. The Morgan fingerprint density at radius 3 is 2.68 bits per heavy atom. The Hall–Kier alpha value is -1.50. The molecule has 1 aliphatic rings. The maximum Gasteiger partial charge on any atom is 0.410 e. The molecule has 1 amide bonds. The smallest absolute Gasteiger partial charge is 0.410 e. The van der Waals surface area contributed by atoms with Crippen LogP contribution in [0.25, 0.3) is 0 Å². The zero-order chi connectivity index (χ0) is 16.2. The van der Waals surface area contributed by atoms with Gasteiger partial charge in [-0.2, -0.15) is 0 Å². The fourth-order valence-electron chi connectivity index (χ4n) is 2.39. The lowest BCUT2D eigenvalue weighted by molar-refractivity contribution is 0.0125. The number of hydrogen-bond donors (Lipinski definition) is 0. The summed E-state index contributed by atoms with van der Waals surface area (Å²) >= 11 is 0. The van der Waals surface area contributed by atoms with Gasteiger partial charge in [-0.05, 0) is 46.1 Å². The van der Waals surface area contributed by atoms with Crippen LogP contribution in [0.5, 0.6) is 0 Å². The molecule has 0 spiro atoms. The third kappa shape index (κ3) is 4.76. The van der Waals surface area contributed by atoms with Crippen molar-refractivity contribution in [1.29, 1.82) is 0 Å². The van der Waals surface area contributed by atoms with Crippen LogP contribution < -0.4 is 0 Å². The standard InChI is InChI=1S/C15H23N3O3S/c1-15(2,3)21-14(19)18-10-5-4-7-12(18)11-22(20)13-16-8-6-9-17-13/h6,8-9,12H,4-5,7,10-11H2,1-3H3. The molecule has 2 heterocycles. The number of carbonyl (C=O) groups is 1. The Morgan fingerprint density at radius 1 is 1.36 bits per heavy atom. The van der Waals surface area contributed by atoms with Crippen molar-refractivity contribution in [2.75, 3.05) is 12.3 Å². The van der Waals surface area contributed by atoms with Gasteiger partial charge < -0.3 is 9.64 Å². The van der Waals surface area contributed by atoms with Gasteiger partial charge in [-0.25, -0.2) is 14.8 Å².